The summed E-state index contributed by atoms with van der Waals surface area (Å²) in [6.45, 7) is 1.93. The van der Waals surface area contributed by atoms with E-state index in [9.17, 15) is 14.5 Å². The summed E-state index contributed by atoms with van der Waals surface area (Å²) >= 11 is 0. The summed E-state index contributed by atoms with van der Waals surface area (Å²) in [5.74, 6) is -0.332. The molecule has 88 valence electrons. The van der Waals surface area contributed by atoms with Crippen LogP contribution in [0.1, 0.15) is 11.3 Å². The van der Waals surface area contributed by atoms with E-state index >= 15 is 0 Å². The first kappa shape index (κ1) is 11.3. The largest absolute Gasteiger partial charge is 0.309 e. The molecule has 0 aliphatic carbocycles. The van der Waals surface area contributed by atoms with Crippen molar-refractivity contribution in [2.24, 2.45) is 0 Å². The molecule has 17 heavy (non-hydrogen) atoms. The molecule has 0 saturated heterocycles. The van der Waals surface area contributed by atoms with Crippen molar-refractivity contribution in [1.82, 2.24) is 9.78 Å². The van der Waals surface area contributed by atoms with E-state index in [1.165, 1.54) is 23.0 Å². The fraction of sp³-hybridized carbons (Fsp3) is 0.182. The molecule has 6 heteroatoms. The third-order valence-electron chi connectivity index (χ3n) is 2.50. The second kappa shape index (κ2) is 4.32. The predicted molar refractivity (Wildman–Crippen MR) is 59.1 cm³/mol. The Balaban J connectivity index is 2.28. The molecule has 1 aromatic heterocycles. The third kappa shape index (κ3) is 2.30. The van der Waals surface area contributed by atoms with E-state index in [1.807, 2.05) is 0 Å². The van der Waals surface area contributed by atoms with E-state index in [2.05, 4.69) is 5.10 Å². The number of nitrogens with zero attached hydrogens (tertiary/aromatic N) is 3. The maximum absolute atomic E-state index is 13.0. The summed E-state index contributed by atoms with van der Waals surface area (Å²) in [4.78, 5) is 10.2. The van der Waals surface area contributed by atoms with Gasteiger partial charge in [-0.25, -0.2) is 4.39 Å². The smallest absolute Gasteiger partial charge is 0.258 e. The van der Waals surface area contributed by atoms with Crippen LogP contribution >= 0.6 is 0 Å². The summed E-state index contributed by atoms with van der Waals surface area (Å²) in [7, 11) is 0. The molecule has 5 nitrogen and oxygen atoms in total. The predicted octanol–water partition coefficient (Wildman–Crippen LogP) is 2.29. The lowest BCUT2D eigenvalue weighted by Gasteiger charge is -2.03. The Morgan fingerprint density at radius 1 is 1.53 bits per heavy atom. The standard InChI is InChI=1S/C11H10FN3O2/c1-8-11(15(16)17)6-13-14(8)7-9-3-2-4-10(12)5-9/h2-6H,7H2,1H3. The molecule has 0 amide bonds. The van der Waals surface area contributed by atoms with E-state index in [1.54, 1.807) is 19.1 Å². The van der Waals surface area contributed by atoms with Crippen LogP contribution in [0.25, 0.3) is 0 Å². The van der Waals surface area contributed by atoms with Gasteiger partial charge in [0.25, 0.3) is 0 Å². The van der Waals surface area contributed by atoms with Gasteiger partial charge in [-0.2, -0.15) is 5.10 Å². The van der Waals surface area contributed by atoms with E-state index in [0.29, 0.717) is 17.8 Å². The fourth-order valence-electron chi connectivity index (χ4n) is 1.58. The van der Waals surface area contributed by atoms with E-state index in [-0.39, 0.29) is 11.5 Å². The Bertz CT molecular complexity index is 566. The summed E-state index contributed by atoms with van der Waals surface area (Å²) in [5.41, 5.74) is 1.15. The maximum Gasteiger partial charge on any atom is 0.309 e. The Hall–Kier alpha value is -2.24. The molecule has 0 bridgehead atoms. The molecule has 0 atom stereocenters. The van der Waals surface area contributed by atoms with E-state index in [4.69, 9.17) is 0 Å². The zero-order valence-electron chi connectivity index (χ0n) is 9.13. The molecular formula is C11H10FN3O2. The van der Waals surface area contributed by atoms with Crippen molar-refractivity contribution in [1.29, 1.82) is 0 Å². The molecule has 0 N–H and O–H groups in total. The molecular weight excluding hydrogens is 225 g/mol. The molecule has 0 fully saturated rings. The second-order valence-electron chi connectivity index (χ2n) is 3.66. The summed E-state index contributed by atoms with van der Waals surface area (Å²) in [5, 5.41) is 14.5. The van der Waals surface area contributed by atoms with Crippen LogP contribution < -0.4 is 0 Å². The lowest BCUT2D eigenvalue weighted by atomic mass is 10.2. The first-order valence-electron chi connectivity index (χ1n) is 4.99. The van der Waals surface area contributed by atoms with Gasteiger partial charge in [0.05, 0.1) is 11.5 Å². The number of benzene rings is 1. The van der Waals surface area contributed by atoms with Crippen molar-refractivity contribution in [2.45, 2.75) is 13.5 Å². The monoisotopic (exact) mass is 235 g/mol. The van der Waals surface area contributed by atoms with Gasteiger partial charge in [0, 0.05) is 0 Å². The average Bonchev–Trinajstić information content (AvgIpc) is 2.61. The van der Waals surface area contributed by atoms with Crippen molar-refractivity contribution >= 4 is 5.69 Å². The van der Waals surface area contributed by atoms with Gasteiger partial charge < -0.3 is 0 Å². The topological polar surface area (TPSA) is 61.0 Å². The van der Waals surface area contributed by atoms with Gasteiger partial charge in [-0.1, -0.05) is 12.1 Å². The number of halogens is 1. The number of hydrogen-bond donors (Lipinski definition) is 0. The zero-order valence-corrected chi connectivity index (χ0v) is 9.13. The molecule has 0 saturated carbocycles. The molecule has 0 radical (unpaired) electrons. The SMILES string of the molecule is Cc1c([N+](=O)[O-])cnn1Cc1cccc(F)c1. The number of nitro groups is 1. The van der Waals surface area contributed by atoms with Crippen molar-refractivity contribution in [3.8, 4) is 0 Å². The van der Waals surface area contributed by atoms with E-state index < -0.39 is 4.92 Å². The lowest BCUT2D eigenvalue weighted by Crippen LogP contribution is -2.04. The third-order valence-corrected chi connectivity index (χ3v) is 2.50. The van der Waals surface area contributed by atoms with Crippen LogP contribution in [0.15, 0.2) is 30.5 Å². The normalized spacial score (nSPS) is 10.5. The van der Waals surface area contributed by atoms with Crippen LogP contribution in [0.5, 0.6) is 0 Å². The lowest BCUT2D eigenvalue weighted by molar-refractivity contribution is -0.385. The molecule has 0 spiro atoms. The molecule has 1 aromatic carbocycles. The van der Waals surface area contributed by atoms with Gasteiger partial charge in [0.15, 0.2) is 0 Å². The number of hydrogen-bond acceptors (Lipinski definition) is 3. The van der Waals surface area contributed by atoms with Crippen molar-refractivity contribution in [3.05, 3.63) is 57.7 Å². The highest BCUT2D eigenvalue weighted by Gasteiger charge is 2.16. The average molecular weight is 235 g/mol. The molecule has 1 heterocycles. The maximum atomic E-state index is 13.0. The Morgan fingerprint density at radius 3 is 2.88 bits per heavy atom. The van der Waals surface area contributed by atoms with Gasteiger partial charge in [-0.3, -0.25) is 14.8 Å². The quantitative estimate of drug-likeness (QED) is 0.605. The highest BCUT2D eigenvalue weighted by Crippen LogP contribution is 2.17. The van der Waals surface area contributed by atoms with Crippen LogP contribution in [0.4, 0.5) is 10.1 Å². The van der Waals surface area contributed by atoms with Crippen LogP contribution in [-0.2, 0) is 6.54 Å². The van der Waals surface area contributed by atoms with Crippen molar-refractivity contribution in [3.63, 3.8) is 0 Å². The van der Waals surface area contributed by atoms with Crippen LogP contribution in [-0.4, -0.2) is 14.7 Å². The minimum atomic E-state index is -0.482. The molecule has 2 aromatic rings. The minimum absolute atomic E-state index is 0.0265. The van der Waals surface area contributed by atoms with Crippen molar-refractivity contribution in [2.75, 3.05) is 0 Å². The number of aromatic nitrogens is 2. The van der Waals surface area contributed by atoms with Gasteiger partial charge >= 0.3 is 5.69 Å². The second-order valence-corrected chi connectivity index (χ2v) is 3.66. The molecule has 2 rings (SSSR count). The van der Waals surface area contributed by atoms with Crippen LogP contribution in [0.3, 0.4) is 0 Å². The first-order chi connectivity index (χ1) is 8.08. The van der Waals surface area contributed by atoms with Crippen LogP contribution in [0, 0.1) is 22.9 Å². The Morgan fingerprint density at radius 2 is 2.29 bits per heavy atom. The highest BCUT2D eigenvalue weighted by atomic mass is 19.1. The summed E-state index contributed by atoms with van der Waals surface area (Å²) < 4.78 is 14.4. The van der Waals surface area contributed by atoms with Gasteiger partial charge in [0.1, 0.15) is 17.7 Å². The molecule has 0 aliphatic heterocycles. The molecule has 0 unspecified atom stereocenters. The van der Waals surface area contributed by atoms with Crippen molar-refractivity contribution < 1.29 is 9.31 Å². The zero-order chi connectivity index (χ0) is 12.4. The van der Waals surface area contributed by atoms with Gasteiger partial charge in [0.2, 0.25) is 0 Å². The van der Waals surface area contributed by atoms with E-state index in [0.717, 1.165) is 0 Å². The Kier molecular flexibility index (Phi) is 2.86. The fourth-order valence-corrected chi connectivity index (χ4v) is 1.58. The number of rotatable bonds is 3. The highest BCUT2D eigenvalue weighted by molar-refractivity contribution is 5.32. The van der Waals surface area contributed by atoms with Crippen LogP contribution in [0.2, 0.25) is 0 Å². The summed E-state index contributed by atoms with van der Waals surface area (Å²) in [6.07, 6.45) is 1.20. The minimum Gasteiger partial charge on any atom is -0.258 e. The first-order valence-corrected chi connectivity index (χ1v) is 4.99. The summed E-state index contributed by atoms with van der Waals surface area (Å²) in [6, 6.07) is 6.07. The Labute approximate surface area is 96.6 Å². The molecule has 0 aliphatic rings. The van der Waals surface area contributed by atoms with Gasteiger partial charge in [-0.05, 0) is 24.6 Å². The van der Waals surface area contributed by atoms with Gasteiger partial charge in [-0.15, -0.1) is 0 Å².